The van der Waals surface area contributed by atoms with Crippen molar-refractivity contribution in [2.45, 2.75) is 44.7 Å². The Morgan fingerprint density at radius 3 is 3.00 bits per heavy atom. The Balaban J connectivity index is 1.95. The first-order valence-electron chi connectivity index (χ1n) is 6.46. The minimum Gasteiger partial charge on any atom is -0.464 e. The number of hydrogen-bond acceptors (Lipinski definition) is 4. The largest absolute Gasteiger partial charge is 0.464 e. The highest BCUT2D eigenvalue weighted by Crippen LogP contribution is 2.24. The van der Waals surface area contributed by atoms with Crippen LogP contribution in [0.5, 0.6) is 0 Å². The molecule has 2 rings (SSSR count). The second kappa shape index (κ2) is 5.64. The first-order valence-corrected chi connectivity index (χ1v) is 6.46. The standard InChI is InChI=1S/C12H22N2O2/c1-2-13-9-10-5-3-4-7-14(10)11-6-8-16-12(11)15/h10-11,13H,2-9H2,1H3. The fourth-order valence-electron chi connectivity index (χ4n) is 2.75. The molecule has 0 bridgehead atoms. The van der Waals surface area contributed by atoms with Crippen molar-refractivity contribution in [3.05, 3.63) is 0 Å². The Hall–Kier alpha value is -0.610. The number of carbonyl (C=O) groups excluding carboxylic acids is 1. The molecule has 0 spiro atoms. The summed E-state index contributed by atoms with van der Waals surface area (Å²) in [6, 6.07) is 0.549. The van der Waals surface area contributed by atoms with Gasteiger partial charge in [-0.1, -0.05) is 13.3 Å². The van der Waals surface area contributed by atoms with Crippen LogP contribution in [0, 0.1) is 0 Å². The summed E-state index contributed by atoms with van der Waals surface area (Å²) in [6.45, 7) is 5.78. The Morgan fingerprint density at radius 1 is 1.44 bits per heavy atom. The lowest BCUT2D eigenvalue weighted by Crippen LogP contribution is -2.51. The molecule has 0 radical (unpaired) electrons. The van der Waals surface area contributed by atoms with Gasteiger partial charge in [-0.25, -0.2) is 0 Å². The summed E-state index contributed by atoms with van der Waals surface area (Å²) >= 11 is 0. The summed E-state index contributed by atoms with van der Waals surface area (Å²) in [6.07, 6.45) is 4.58. The van der Waals surface area contributed by atoms with Gasteiger partial charge in [0.15, 0.2) is 0 Å². The molecular formula is C12H22N2O2. The fourth-order valence-corrected chi connectivity index (χ4v) is 2.75. The quantitative estimate of drug-likeness (QED) is 0.719. The van der Waals surface area contributed by atoms with Gasteiger partial charge in [0.05, 0.1) is 6.61 Å². The van der Waals surface area contributed by atoms with Crippen molar-refractivity contribution in [1.29, 1.82) is 0 Å². The van der Waals surface area contributed by atoms with Crippen molar-refractivity contribution in [2.75, 3.05) is 26.2 Å². The number of rotatable bonds is 4. The minimum absolute atomic E-state index is 0.0107. The first-order chi connectivity index (χ1) is 7.83. The van der Waals surface area contributed by atoms with E-state index in [1.54, 1.807) is 0 Å². The topological polar surface area (TPSA) is 41.6 Å². The van der Waals surface area contributed by atoms with E-state index in [-0.39, 0.29) is 12.0 Å². The summed E-state index contributed by atoms with van der Waals surface area (Å²) < 4.78 is 5.07. The van der Waals surface area contributed by atoms with Gasteiger partial charge in [0.25, 0.3) is 0 Å². The van der Waals surface area contributed by atoms with Gasteiger partial charge in [-0.05, 0) is 25.9 Å². The predicted octanol–water partition coefficient (Wildman–Crippen LogP) is 0.766. The van der Waals surface area contributed by atoms with Crippen LogP contribution in [0.2, 0.25) is 0 Å². The van der Waals surface area contributed by atoms with Crippen molar-refractivity contribution in [3.8, 4) is 0 Å². The van der Waals surface area contributed by atoms with E-state index in [1.165, 1.54) is 19.3 Å². The molecule has 16 heavy (non-hydrogen) atoms. The van der Waals surface area contributed by atoms with Gasteiger partial charge in [-0.15, -0.1) is 0 Å². The third-order valence-corrected chi connectivity index (χ3v) is 3.61. The van der Waals surface area contributed by atoms with Crippen molar-refractivity contribution < 1.29 is 9.53 Å². The van der Waals surface area contributed by atoms with Crippen LogP contribution in [0.4, 0.5) is 0 Å². The number of ether oxygens (including phenoxy) is 1. The number of likely N-dealkylation sites (N-methyl/N-ethyl adjacent to an activating group) is 1. The maximum absolute atomic E-state index is 11.6. The SMILES string of the molecule is CCNCC1CCCCN1C1CCOC1=O. The van der Waals surface area contributed by atoms with Gasteiger partial charge in [-0.3, -0.25) is 9.69 Å². The van der Waals surface area contributed by atoms with E-state index < -0.39 is 0 Å². The van der Waals surface area contributed by atoms with E-state index >= 15 is 0 Å². The van der Waals surface area contributed by atoms with E-state index in [1.807, 2.05) is 0 Å². The van der Waals surface area contributed by atoms with Crippen molar-refractivity contribution in [1.82, 2.24) is 10.2 Å². The molecule has 0 aromatic carbocycles. The molecule has 2 atom stereocenters. The smallest absolute Gasteiger partial charge is 0.323 e. The molecule has 2 fully saturated rings. The normalized spacial score (nSPS) is 31.7. The summed E-state index contributed by atoms with van der Waals surface area (Å²) in [5.41, 5.74) is 0. The van der Waals surface area contributed by atoms with Crippen LogP contribution < -0.4 is 5.32 Å². The number of carbonyl (C=O) groups is 1. The highest BCUT2D eigenvalue weighted by molar-refractivity contribution is 5.77. The van der Waals surface area contributed by atoms with Crippen LogP contribution >= 0.6 is 0 Å². The second-order valence-electron chi connectivity index (χ2n) is 4.67. The number of piperidine rings is 1. The molecule has 4 nitrogen and oxygen atoms in total. The Morgan fingerprint density at radius 2 is 2.31 bits per heavy atom. The number of cyclic esters (lactones) is 1. The average molecular weight is 226 g/mol. The molecule has 2 heterocycles. The van der Waals surface area contributed by atoms with Gasteiger partial charge in [0.1, 0.15) is 6.04 Å². The van der Waals surface area contributed by atoms with Gasteiger partial charge < -0.3 is 10.1 Å². The van der Waals surface area contributed by atoms with Gasteiger partial charge >= 0.3 is 5.97 Å². The number of hydrogen-bond donors (Lipinski definition) is 1. The molecule has 2 unspecified atom stereocenters. The predicted molar refractivity (Wildman–Crippen MR) is 62.3 cm³/mol. The second-order valence-corrected chi connectivity index (χ2v) is 4.67. The van der Waals surface area contributed by atoms with E-state index in [0.29, 0.717) is 12.6 Å². The van der Waals surface area contributed by atoms with Gasteiger partial charge in [0.2, 0.25) is 0 Å². The van der Waals surface area contributed by atoms with Crippen LogP contribution in [-0.2, 0) is 9.53 Å². The third kappa shape index (κ3) is 2.55. The van der Waals surface area contributed by atoms with E-state index in [0.717, 1.165) is 26.1 Å². The van der Waals surface area contributed by atoms with Crippen molar-refractivity contribution >= 4 is 5.97 Å². The minimum atomic E-state index is -0.0107. The fraction of sp³-hybridized carbons (Fsp3) is 0.917. The molecule has 0 aliphatic carbocycles. The average Bonchev–Trinajstić information content (AvgIpc) is 2.73. The summed E-state index contributed by atoms with van der Waals surface area (Å²) in [5, 5.41) is 3.39. The molecule has 0 amide bonds. The van der Waals surface area contributed by atoms with Crippen LogP contribution in [0.25, 0.3) is 0 Å². The molecule has 2 aliphatic rings. The van der Waals surface area contributed by atoms with Crippen LogP contribution in [-0.4, -0.2) is 49.2 Å². The summed E-state index contributed by atoms with van der Waals surface area (Å²) in [4.78, 5) is 14.0. The Kier molecular flexibility index (Phi) is 4.18. The van der Waals surface area contributed by atoms with E-state index in [9.17, 15) is 4.79 Å². The zero-order valence-corrected chi connectivity index (χ0v) is 10.1. The maximum atomic E-state index is 11.6. The van der Waals surface area contributed by atoms with Crippen LogP contribution in [0.15, 0.2) is 0 Å². The Bertz CT molecular complexity index is 245. The van der Waals surface area contributed by atoms with Crippen LogP contribution in [0.3, 0.4) is 0 Å². The molecule has 0 aromatic heterocycles. The lowest BCUT2D eigenvalue weighted by atomic mass is 9.99. The highest BCUT2D eigenvalue weighted by Gasteiger charge is 2.36. The molecule has 1 N–H and O–H groups in total. The Labute approximate surface area is 97.3 Å². The monoisotopic (exact) mass is 226 g/mol. The van der Waals surface area contributed by atoms with Crippen molar-refractivity contribution in [3.63, 3.8) is 0 Å². The van der Waals surface area contributed by atoms with Gasteiger partial charge in [-0.2, -0.15) is 0 Å². The lowest BCUT2D eigenvalue weighted by Gasteiger charge is -2.38. The molecule has 2 saturated heterocycles. The number of nitrogens with zero attached hydrogens (tertiary/aromatic N) is 1. The van der Waals surface area contributed by atoms with Crippen LogP contribution in [0.1, 0.15) is 32.6 Å². The number of nitrogens with one attached hydrogen (secondary N) is 1. The maximum Gasteiger partial charge on any atom is 0.323 e. The molecule has 4 heteroatoms. The van der Waals surface area contributed by atoms with Gasteiger partial charge in [0, 0.05) is 19.0 Å². The third-order valence-electron chi connectivity index (χ3n) is 3.61. The highest BCUT2D eigenvalue weighted by atomic mass is 16.5. The molecule has 0 aromatic rings. The first kappa shape index (κ1) is 11.9. The number of likely N-dealkylation sites (tertiary alicyclic amines) is 1. The molecule has 2 aliphatic heterocycles. The zero-order chi connectivity index (χ0) is 11.4. The lowest BCUT2D eigenvalue weighted by molar-refractivity contribution is -0.143. The van der Waals surface area contributed by atoms with E-state index in [2.05, 4.69) is 17.1 Å². The number of esters is 1. The molecule has 0 saturated carbocycles. The molecular weight excluding hydrogens is 204 g/mol. The summed E-state index contributed by atoms with van der Waals surface area (Å²) in [5.74, 6) is -0.0107. The van der Waals surface area contributed by atoms with E-state index in [4.69, 9.17) is 4.74 Å². The van der Waals surface area contributed by atoms with Crippen molar-refractivity contribution in [2.24, 2.45) is 0 Å². The zero-order valence-electron chi connectivity index (χ0n) is 10.1. The summed E-state index contributed by atoms with van der Waals surface area (Å²) in [7, 11) is 0. The molecule has 92 valence electrons.